The third-order valence-electron chi connectivity index (χ3n) is 3.54. The lowest BCUT2D eigenvalue weighted by Gasteiger charge is -2.34. The van der Waals surface area contributed by atoms with Crippen molar-refractivity contribution in [2.45, 2.75) is 19.8 Å². The van der Waals surface area contributed by atoms with E-state index in [1.807, 2.05) is 18.5 Å². The molecule has 0 spiro atoms. The number of anilines is 1. The zero-order chi connectivity index (χ0) is 13.3. The van der Waals surface area contributed by atoms with E-state index in [1.54, 1.807) is 0 Å². The van der Waals surface area contributed by atoms with Gasteiger partial charge in [-0.25, -0.2) is 9.97 Å². The lowest BCUT2D eigenvalue weighted by molar-refractivity contribution is 0.251. The summed E-state index contributed by atoms with van der Waals surface area (Å²) in [7, 11) is 0. The lowest BCUT2D eigenvalue weighted by atomic mass is 10.2. The normalized spacial score (nSPS) is 16.8. The molecule has 19 heavy (non-hydrogen) atoms. The van der Waals surface area contributed by atoms with E-state index in [0.29, 0.717) is 0 Å². The topological polar surface area (TPSA) is 44.3 Å². The molecule has 5 heteroatoms. The Bertz CT molecular complexity index is 335. The van der Waals surface area contributed by atoms with E-state index in [4.69, 9.17) is 0 Å². The van der Waals surface area contributed by atoms with E-state index in [9.17, 15) is 0 Å². The summed E-state index contributed by atoms with van der Waals surface area (Å²) < 4.78 is 0. The number of nitrogens with zero attached hydrogens (tertiary/aromatic N) is 4. The Hall–Kier alpha value is -1.20. The number of unbranched alkanes of at least 4 members (excludes halogenated alkanes) is 1. The third-order valence-corrected chi connectivity index (χ3v) is 3.54. The van der Waals surface area contributed by atoms with Crippen molar-refractivity contribution in [3.63, 3.8) is 0 Å². The highest BCUT2D eigenvalue weighted by molar-refractivity contribution is 5.29. The SMILES string of the molecule is CCNCCCCN1CCN(c2ncccn2)CC1. The molecule has 1 aliphatic rings. The first-order valence-corrected chi connectivity index (χ1v) is 7.35. The van der Waals surface area contributed by atoms with Crippen molar-refractivity contribution in [3.05, 3.63) is 18.5 Å². The van der Waals surface area contributed by atoms with E-state index in [-0.39, 0.29) is 0 Å². The largest absolute Gasteiger partial charge is 0.338 e. The molecule has 2 rings (SSSR count). The molecule has 5 nitrogen and oxygen atoms in total. The molecule has 0 aliphatic carbocycles. The zero-order valence-corrected chi connectivity index (χ0v) is 11.9. The summed E-state index contributed by atoms with van der Waals surface area (Å²) in [6.07, 6.45) is 6.19. The monoisotopic (exact) mass is 263 g/mol. The Kier molecular flexibility index (Phi) is 6.04. The molecule has 0 amide bonds. The second kappa shape index (κ2) is 8.07. The summed E-state index contributed by atoms with van der Waals surface area (Å²) in [5, 5.41) is 3.37. The smallest absolute Gasteiger partial charge is 0.225 e. The number of piperazine rings is 1. The molecule has 0 saturated carbocycles. The van der Waals surface area contributed by atoms with Crippen molar-refractivity contribution in [1.82, 2.24) is 20.2 Å². The van der Waals surface area contributed by atoms with Gasteiger partial charge in [-0.1, -0.05) is 6.92 Å². The molecular weight excluding hydrogens is 238 g/mol. The molecular formula is C14H25N5. The molecule has 2 heterocycles. The summed E-state index contributed by atoms with van der Waals surface area (Å²) in [4.78, 5) is 13.4. The van der Waals surface area contributed by atoms with E-state index < -0.39 is 0 Å². The van der Waals surface area contributed by atoms with Crippen LogP contribution in [0.15, 0.2) is 18.5 Å². The maximum atomic E-state index is 4.31. The van der Waals surface area contributed by atoms with Gasteiger partial charge in [0.2, 0.25) is 5.95 Å². The highest BCUT2D eigenvalue weighted by Gasteiger charge is 2.17. The summed E-state index contributed by atoms with van der Waals surface area (Å²) in [6.45, 7) is 9.93. The van der Waals surface area contributed by atoms with Crippen molar-refractivity contribution < 1.29 is 0 Å². The molecule has 106 valence electrons. The van der Waals surface area contributed by atoms with Crippen molar-refractivity contribution in [2.75, 3.05) is 50.7 Å². The first-order chi connectivity index (χ1) is 9.40. The van der Waals surface area contributed by atoms with Crippen molar-refractivity contribution in [3.8, 4) is 0 Å². The zero-order valence-electron chi connectivity index (χ0n) is 11.9. The van der Waals surface area contributed by atoms with Gasteiger partial charge >= 0.3 is 0 Å². The Labute approximate surface area is 116 Å². The Morgan fingerprint density at radius 1 is 1.11 bits per heavy atom. The number of nitrogens with one attached hydrogen (secondary N) is 1. The van der Waals surface area contributed by atoms with Crippen LogP contribution < -0.4 is 10.2 Å². The van der Waals surface area contributed by atoms with E-state index in [1.165, 1.54) is 19.4 Å². The van der Waals surface area contributed by atoms with Gasteiger partial charge in [0.1, 0.15) is 0 Å². The minimum atomic E-state index is 0.870. The molecule has 1 aromatic heterocycles. The third kappa shape index (κ3) is 4.76. The first-order valence-electron chi connectivity index (χ1n) is 7.35. The van der Waals surface area contributed by atoms with Crippen LogP contribution in [0.5, 0.6) is 0 Å². The van der Waals surface area contributed by atoms with Crippen molar-refractivity contribution in [2.24, 2.45) is 0 Å². The molecule has 1 N–H and O–H groups in total. The number of hydrogen-bond acceptors (Lipinski definition) is 5. The maximum absolute atomic E-state index is 4.31. The molecule has 1 aromatic rings. The van der Waals surface area contributed by atoms with Gasteiger partial charge in [0.05, 0.1) is 0 Å². The standard InChI is InChI=1S/C14H25N5/c1-2-15-6-3-4-9-18-10-12-19(13-11-18)14-16-7-5-8-17-14/h5,7-8,15H,2-4,6,9-13H2,1H3. The highest BCUT2D eigenvalue weighted by atomic mass is 15.3. The second-order valence-electron chi connectivity index (χ2n) is 4.94. The van der Waals surface area contributed by atoms with Gasteiger partial charge in [-0.05, 0) is 38.5 Å². The van der Waals surface area contributed by atoms with Gasteiger partial charge in [-0.3, -0.25) is 4.90 Å². The number of hydrogen-bond donors (Lipinski definition) is 1. The summed E-state index contributed by atoms with van der Waals surface area (Å²) >= 11 is 0. The van der Waals surface area contributed by atoms with Crippen LogP contribution in [0, 0.1) is 0 Å². The summed E-state index contributed by atoms with van der Waals surface area (Å²) in [6, 6.07) is 1.87. The quantitative estimate of drug-likeness (QED) is 0.743. The summed E-state index contributed by atoms with van der Waals surface area (Å²) in [5.74, 6) is 0.870. The predicted molar refractivity (Wildman–Crippen MR) is 78.5 cm³/mol. The Balaban J connectivity index is 1.63. The van der Waals surface area contributed by atoms with Gasteiger partial charge in [0.25, 0.3) is 0 Å². The van der Waals surface area contributed by atoms with Crippen LogP contribution in [0.25, 0.3) is 0 Å². The summed E-state index contributed by atoms with van der Waals surface area (Å²) in [5.41, 5.74) is 0. The van der Waals surface area contributed by atoms with Crippen molar-refractivity contribution >= 4 is 5.95 Å². The van der Waals surface area contributed by atoms with Crippen LogP contribution in [0.4, 0.5) is 5.95 Å². The van der Waals surface area contributed by atoms with Gasteiger partial charge in [-0.2, -0.15) is 0 Å². The van der Waals surface area contributed by atoms with Crippen LogP contribution in [-0.4, -0.2) is 60.7 Å². The van der Waals surface area contributed by atoms with Crippen LogP contribution >= 0.6 is 0 Å². The molecule has 1 aliphatic heterocycles. The fraction of sp³-hybridized carbons (Fsp3) is 0.714. The maximum Gasteiger partial charge on any atom is 0.225 e. The fourth-order valence-corrected chi connectivity index (χ4v) is 2.39. The Morgan fingerprint density at radius 2 is 1.84 bits per heavy atom. The fourth-order valence-electron chi connectivity index (χ4n) is 2.39. The average molecular weight is 263 g/mol. The Morgan fingerprint density at radius 3 is 2.53 bits per heavy atom. The molecule has 0 unspecified atom stereocenters. The molecule has 0 bridgehead atoms. The highest BCUT2D eigenvalue weighted by Crippen LogP contribution is 2.09. The predicted octanol–water partition coefficient (Wildman–Crippen LogP) is 0.988. The average Bonchev–Trinajstić information content (AvgIpc) is 2.49. The molecule has 0 atom stereocenters. The minimum absolute atomic E-state index is 0.870. The van der Waals surface area contributed by atoms with Crippen LogP contribution in [-0.2, 0) is 0 Å². The first kappa shape index (κ1) is 14.2. The van der Waals surface area contributed by atoms with E-state index >= 15 is 0 Å². The van der Waals surface area contributed by atoms with Crippen LogP contribution in [0.2, 0.25) is 0 Å². The molecule has 0 radical (unpaired) electrons. The molecule has 1 fully saturated rings. The molecule has 1 saturated heterocycles. The van der Waals surface area contributed by atoms with Gasteiger partial charge in [-0.15, -0.1) is 0 Å². The van der Waals surface area contributed by atoms with E-state index in [0.717, 1.165) is 45.2 Å². The second-order valence-corrected chi connectivity index (χ2v) is 4.94. The van der Waals surface area contributed by atoms with Gasteiger partial charge < -0.3 is 10.2 Å². The van der Waals surface area contributed by atoms with Crippen LogP contribution in [0.3, 0.4) is 0 Å². The van der Waals surface area contributed by atoms with Crippen LogP contribution in [0.1, 0.15) is 19.8 Å². The molecule has 0 aromatic carbocycles. The van der Waals surface area contributed by atoms with Gasteiger partial charge in [0, 0.05) is 38.6 Å². The van der Waals surface area contributed by atoms with Gasteiger partial charge in [0.15, 0.2) is 0 Å². The number of aromatic nitrogens is 2. The lowest BCUT2D eigenvalue weighted by Crippen LogP contribution is -2.47. The van der Waals surface area contributed by atoms with Crippen molar-refractivity contribution in [1.29, 1.82) is 0 Å². The minimum Gasteiger partial charge on any atom is -0.338 e. The number of rotatable bonds is 7. The van der Waals surface area contributed by atoms with E-state index in [2.05, 4.69) is 32.0 Å².